The van der Waals surface area contributed by atoms with E-state index < -0.39 is 0 Å². The van der Waals surface area contributed by atoms with Crippen molar-refractivity contribution in [1.29, 1.82) is 0 Å². The number of aromatic nitrogens is 3. The minimum absolute atomic E-state index is 0.684. The molecule has 6 rings (SSSR count). The van der Waals surface area contributed by atoms with Crippen molar-refractivity contribution in [2.45, 2.75) is 6.92 Å². The van der Waals surface area contributed by atoms with E-state index in [2.05, 4.69) is 55.2 Å². The maximum atomic E-state index is 5.73. The topological polar surface area (TPSA) is 76.0 Å². The van der Waals surface area contributed by atoms with Gasteiger partial charge in [0.25, 0.3) is 0 Å². The SMILES string of the molecule is Cc1cnc2c(Nc3ccc(N4CCOCC4)cc3)nc(-c3ccc4c(c3)NCCO4)cn12. The molecule has 0 spiro atoms. The molecule has 8 heteroatoms. The molecule has 0 amide bonds. The standard InChI is InChI=1S/C25H26N6O2/c1-17-15-27-25-24(28-19-3-5-20(6-4-19)30-9-12-32-13-10-30)29-22(16-31(17)25)18-2-7-23-21(14-18)26-8-11-33-23/h2-7,14-16,26H,8-13H2,1H3,(H,28,29). The Morgan fingerprint density at radius 3 is 2.73 bits per heavy atom. The van der Waals surface area contributed by atoms with Crippen LogP contribution in [-0.4, -0.2) is 53.8 Å². The Bertz CT molecular complexity index is 1290. The van der Waals surface area contributed by atoms with Crippen LogP contribution >= 0.6 is 0 Å². The molecular weight excluding hydrogens is 416 g/mol. The van der Waals surface area contributed by atoms with Gasteiger partial charge in [-0.25, -0.2) is 9.97 Å². The smallest absolute Gasteiger partial charge is 0.180 e. The molecule has 0 radical (unpaired) electrons. The summed E-state index contributed by atoms with van der Waals surface area (Å²) in [6.07, 6.45) is 3.91. The first-order valence-electron chi connectivity index (χ1n) is 11.3. The number of aryl methyl sites for hydroxylation is 1. The Morgan fingerprint density at radius 2 is 1.88 bits per heavy atom. The third-order valence-corrected chi connectivity index (χ3v) is 6.13. The van der Waals surface area contributed by atoms with Crippen LogP contribution < -0.4 is 20.3 Å². The Hall–Kier alpha value is -3.78. The molecule has 4 aromatic rings. The number of hydrogen-bond acceptors (Lipinski definition) is 7. The largest absolute Gasteiger partial charge is 0.490 e. The lowest BCUT2D eigenvalue weighted by Gasteiger charge is -2.28. The first kappa shape index (κ1) is 19.9. The number of benzene rings is 2. The van der Waals surface area contributed by atoms with Crippen LogP contribution in [0.1, 0.15) is 5.69 Å². The Kier molecular flexibility index (Phi) is 4.99. The van der Waals surface area contributed by atoms with Gasteiger partial charge in [0.05, 0.1) is 24.6 Å². The van der Waals surface area contributed by atoms with Gasteiger partial charge in [0.15, 0.2) is 11.5 Å². The highest BCUT2D eigenvalue weighted by Gasteiger charge is 2.16. The predicted molar refractivity (Wildman–Crippen MR) is 130 cm³/mol. The minimum Gasteiger partial charge on any atom is -0.490 e. The third kappa shape index (κ3) is 3.82. The van der Waals surface area contributed by atoms with Gasteiger partial charge in [-0.15, -0.1) is 0 Å². The molecule has 2 aromatic heterocycles. The van der Waals surface area contributed by atoms with E-state index in [0.29, 0.717) is 6.61 Å². The molecule has 0 aliphatic carbocycles. The van der Waals surface area contributed by atoms with E-state index >= 15 is 0 Å². The van der Waals surface area contributed by atoms with Crippen LogP contribution in [0.15, 0.2) is 54.9 Å². The second-order valence-electron chi connectivity index (χ2n) is 8.33. The number of nitrogens with zero attached hydrogens (tertiary/aromatic N) is 4. The van der Waals surface area contributed by atoms with E-state index in [1.807, 2.05) is 31.5 Å². The fourth-order valence-corrected chi connectivity index (χ4v) is 4.34. The summed E-state index contributed by atoms with van der Waals surface area (Å²) in [4.78, 5) is 11.9. The van der Waals surface area contributed by atoms with Gasteiger partial charge in [-0.3, -0.25) is 4.40 Å². The quantitative estimate of drug-likeness (QED) is 0.493. The van der Waals surface area contributed by atoms with Gasteiger partial charge in [0, 0.05) is 54.7 Å². The number of imidazole rings is 1. The zero-order valence-electron chi connectivity index (χ0n) is 18.5. The van der Waals surface area contributed by atoms with Gasteiger partial charge >= 0.3 is 0 Å². The molecule has 168 valence electrons. The maximum absolute atomic E-state index is 5.73. The molecule has 33 heavy (non-hydrogen) atoms. The molecule has 8 nitrogen and oxygen atoms in total. The molecule has 2 aliphatic rings. The van der Waals surface area contributed by atoms with Crippen molar-refractivity contribution in [1.82, 2.24) is 14.4 Å². The van der Waals surface area contributed by atoms with Crippen molar-refractivity contribution in [2.75, 3.05) is 55.0 Å². The summed E-state index contributed by atoms with van der Waals surface area (Å²) in [5, 5.41) is 6.89. The molecule has 2 aromatic carbocycles. The summed E-state index contributed by atoms with van der Waals surface area (Å²) in [5.74, 6) is 1.60. The van der Waals surface area contributed by atoms with E-state index in [-0.39, 0.29) is 0 Å². The first-order valence-corrected chi connectivity index (χ1v) is 11.3. The van der Waals surface area contributed by atoms with E-state index in [0.717, 1.165) is 78.4 Å². The fourth-order valence-electron chi connectivity index (χ4n) is 4.34. The van der Waals surface area contributed by atoms with Crippen molar-refractivity contribution in [3.63, 3.8) is 0 Å². The van der Waals surface area contributed by atoms with Crippen LogP contribution in [0.2, 0.25) is 0 Å². The predicted octanol–water partition coefficient (Wildman–Crippen LogP) is 4.09. The van der Waals surface area contributed by atoms with Crippen LogP contribution in [-0.2, 0) is 4.74 Å². The Labute approximate surface area is 192 Å². The fraction of sp³-hybridized carbons (Fsp3) is 0.280. The number of nitrogens with one attached hydrogen (secondary N) is 2. The lowest BCUT2D eigenvalue weighted by Crippen LogP contribution is -2.36. The summed E-state index contributed by atoms with van der Waals surface area (Å²) >= 11 is 0. The third-order valence-electron chi connectivity index (χ3n) is 6.13. The van der Waals surface area contributed by atoms with Crippen molar-refractivity contribution >= 4 is 28.5 Å². The number of rotatable bonds is 4. The van der Waals surface area contributed by atoms with Gasteiger partial charge in [0.2, 0.25) is 0 Å². The molecule has 0 unspecified atom stereocenters. The molecule has 0 atom stereocenters. The second kappa shape index (κ2) is 8.29. The Balaban J connectivity index is 1.34. The average Bonchev–Trinajstić information content (AvgIpc) is 3.25. The monoisotopic (exact) mass is 442 g/mol. The number of hydrogen-bond donors (Lipinski definition) is 2. The van der Waals surface area contributed by atoms with Crippen LogP contribution in [0.25, 0.3) is 16.9 Å². The van der Waals surface area contributed by atoms with E-state index in [1.54, 1.807) is 0 Å². The lowest BCUT2D eigenvalue weighted by molar-refractivity contribution is 0.122. The zero-order chi connectivity index (χ0) is 22.2. The average molecular weight is 443 g/mol. The molecule has 4 heterocycles. The second-order valence-corrected chi connectivity index (χ2v) is 8.33. The molecule has 2 aliphatic heterocycles. The van der Waals surface area contributed by atoms with E-state index in [9.17, 15) is 0 Å². The van der Waals surface area contributed by atoms with Gasteiger partial charge in [-0.1, -0.05) is 0 Å². The molecular formula is C25H26N6O2. The van der Waals surface area contributed by atoms with Crippen molar-refractivity contribution in [3.05, 3.63) is 60.6 Å². The summed E-state index contributed by atoms with van der Waals surface area (Å²) in [6, 6.07) is 14.6. The summed E-state index contributed by atoms with van der Waals surface area (Å²) in [5.41, 5.74) is 6.91. The number of fused-ring (bicyclic) bond motifs is 2. The number of anilines is 4. The molecule has 1 saturated heterocycles. The van der Waals surface area contributed by atoms with E-state index in [4.69, 9.17) is 14.5 Å². The number of morpholine rings is 1. The maximum Gasteiger partial charge on any atom is 0.180 e. The molecule has 1 fully saturated rings. The van der Waals surface area contributed by atoms with Crippen LogP contribution in [0.3, 0.4) is 0 Å². The highest BCUT2D eigenvalue weighted by molar-refractivity contribution is 5.76. The minimum atomic E-state index is 0.684. The van der Waals surface area contributed by atoms with Gasteiger partial charge < -0.3 is 25.0 Å². The van der Waals surface area contributed by atoms with Crippen LogP contribution in [0.5, 0.6) is 5.75 Å². The highest BCUT2D eigenvalue weighted by atomic mass is 16.5. The van der Waals surface area contributed by atoms with Crippen LogP contribution in [0, 0.1) is 6.92 Å². The summed E-state index contributed by atoms with van der Waals surface area (Å²) < 4.78 is 13.3. The zero-order valence-corrected chi connectivity index (χ0v) is 18.5. The van der Waals surface area contributed by atoms with Crippen molar-refractivity contribution in [3.8, 4) is 17.0 Å². The van der Waals surface area contributed by atoms with E-state index in [1.165, 1.54) is 5.69 Å². The molecule has 0 saturated carbocycles. The Morgan fingerprint density at radius 1 is 1.03 bits per heavy atom. The van der Waals surface area contributed by atoms with Gasteiger partial charge in [-0.05, 0) is 49.4 Å². The van der Waals surface area contributed by atoms with Crippen molar-refractivity contribution < 1.29 is 9.47 Å². The van der Waals surface area contributed by atoms with Crippen molar-refractivity contribution in [2.24, 2.45) is 0 Å². The first-order chi connectivity index (χ1) is 16.2. The van der Waals surface area contributed by atoms with Crippen LogP contribution in [0.4, 0.5) is 22.9 Å². The van der Waals surface area contributed by atoms with Gasteiger partial charge in [0.1, 0.15) is 12.4 Å². The highest BCUT2D eigenvalue weighted by Crippen LogP contribution is 2.33. The lowest BCUT2D eigenvalue weighted by atomic mass is 10.1. The normalized spacial score (nSPS) is 15.6. The summed E-state index contributed by atoms with van der Waals surface area (Å²) in [7, 11) is 0. The van der Waals surface area contributed by atoms with Gasteiger partial charge in [-0.2, -0.15) is 0 Å². The molecule has 2 N–H and O–H groups in total. The number of ether oxygens (including phenoxy) is 2. The summed E-state index contributed by atoms with van der Waals surface area (Å²) in [6.45, 7) is 6.93. The molecule has 0 bridgehead atoms.